The van der Waals surface area contributed by atoms with Crippen LogP contribution in [0, 0.1) is 0 Å². The first-order valence-electron chi connectivity index (χ1n) is 10.0. The first kappa shape index (κ1) is 22.0. The van der Waals surface area contributed by atoms with E-state index < -0.39 is 15.9 Å². The molecular formula is C21H23ClN4O3S2. The van der Waals surface area contributed by atoms with Gasteiger partial charge in [0.25, 0.3) is 5.91 Å². The number of nitrogens with zero attached hydrogens (tertiary/aromatic N) is 2. The second kappa shape index (κ2) is 8.74. The van der Waals surface area contributed by atoms with E-state index in [1.165, 1.54) is 31.0 Å². The molecular weight excluding hydrogens is 456 g/mol. The molecule has 0 aliphatic carbocycles. The van der Waals surface area contributed by atoms with Crippen LogP contribution in [-0.4, -0.2) is 38.4 Å². The molecule has 2 aromatic carbocycles. The molecule has 0 spiro atoms. The van der Waals surface area contributed by atoms with Crippen LogP contribution in [0.25, 0.3) is 10.2 Å². The van der Waals surface area contributed by atoms with Gasteiger partial charge in [-0.25, -0.2) is 18.1 Å². The summed E-state index contributed by atoms with van der Waals surface area (Å²) in [6, 6.07) is 9.35. The zero-order chi connectivity index (χ0) is 22.2. The van der Waals surface area contributed by atoms with Gasteiger partial charge in [-0.15, -0.1) is 0 Å². The van der Waals surface area contributed by atoms with Crippen LogP contribution in [0.2, 0.25) is 5.02 Å². The van der Waals surface area contributed by atoms with Crippen molar-refractivity contribution < 1.29 is 13.2 Å². The lowest BCUT2D eigenvalue weighted by Gasteiger charge is -2.12. The number of carbonyl (C=O) groups excluding carboxylic acids is 1. The fraction of sp³-hybridized carbons (Fsp3) is 0.333. The lowest BCUT2D eigenvalue weighted by atomic mass is 10.2. The third-order valence-corrected chi connectivity index (χ3v) is 7.96. The number of aromatic nitrogens is 1. The van der Waals surface area contributed by atoms with Gasteiger partial charge in [-0.2, -0.15) is 0 Å². The molecule has 1 amide bonds. The fourth-order valence-electron chi connectivity index (χ4n) is 3.46. The molecule has 1 saturated heterocycles. The number of fused-ring (bicyclic) bond motifs is 1. The van der Waals surface area contributed by atoms with E-state index in [4.69, 9.17) is 11.6 Å². The Balaban J connectivity index is 1.57. The van der Waals surface area contributed by atoms with Crippen LogP contribution < -0.4 is 14.9 Å². The predicted octanol–water partition coefficient (Wildman–Crippen LogP) is 4.49. The predicted molar refractivity (Wildman–Crippen MR) is 126 cm³/mol. The summed E-state index contributed by atoms with van der Waals surface area (Å²) in [4.78, 5) is 19.8. The Labute approximate surface area is 190 Å². The van der Waals surface area contributed by atoms with Gasteiger partial charge in [0.2, 0.25) is 10.0 Å². The minimum atomic E-state index is -3.74. The number of sulfonamides is 1. The third-order valence-electron chi connectivity index (χ3n) is 4.90. The van der Waals surface area contributed by atoms with Gasteiger partial charge in [-0.05, 0) is 63.1 Å². The minimum absolute atomic E-state index is 0.0103. The number of anilines is 2. The molecule has 1 fully saturated rings. The van der Waals surface area contributed by atoms with E-state index >= 15 is 0 Å². The summed E-state index contributed by atoms with van der Waals surface area (Å²) in [6.07, 6.45) is 2.36. The highest BCUT2D eigenvalue weighted by atomic mass is 35.5. The Morgan fingerprint density at radius 3 is 2.61 bits per heavy atom. The van der Waals surface area contributed by atoms with Crippen LogP contribution in [0.15, 0.2) is 41.3 Å². The van der Waals surface area contributed by atoms with Gasteiger partial charge < -0.3 is 10.2 Å². The van der Waals surface area contributed by atoms with Crippen molar-refractivity contribution in [3.8, 4) is 0 Å². The van der Waals surface area contributed by atoms with Crippen molar-refractivity contribution in [2.24, 2.45) is 0 Å². The van der Waals surface area contributed by atoms with E-state index in [1.54, 1.807) is 31.3 Å². The summed E-state index contributed by atoms with van der Waals surface area (Å²) in [7, 11) is -3.74. The van der Waals surface area contributed by atoms with Crippen molar-refractivity contribution >= 4 is 59.9 Å². The molecule has 3 aromatic rings. The summed E-state index contributed by atoms with van der Waals surface area (Å²) in [5.74, 6) is -0.477. The molecule has 0 bridgehead atoms. The molecule has 0 atom stereocenters. The van der Waals surface area contributed by atoms with Gasteiger partial charge in [0.05, 0.1) is 25.7 Å². The van der Waals surface area contributed by atoms with Crippen molar-refractivity contribution in [1.29, 1.82) is 0 Å². The average molecular weight is 479 g/mol. The van der Waals surface area contributed by atoms with Crippen LogP contribution in [0.4, 0.5) is 10.8 Å². The van der Waals surface area contributed by atoms with E-state index in [2.05, 4.69) is 19.9 Å². The van der Waals surface area contributed by atoms with Gasteiger partial charge in [-0.1, -0.05) is 22.9 Å². The zero-order valence-electron chi connectivity index (χ0n) is 17.2. The van der Waals surface area contributed by atoms with Crippen molar-refractivity contribution in [2.75, 3.05) is 23.3 Å². The minimum Gasteiger partial charge on any atom is -0.348 e. The highest BCUT2D eigenvalue weighted by Gasteiger charge is 2.20. The molecule has 0 radical (unpaired) electrons. The molecule has 1 aromatic heterocycles. The van der Waals surface area contributed by atoms with Gasteiger partial charge in [0, 0.05) is 24.8 Å². The standard InChI is InChI=1S/C21H23ClN4O3S2/c1-13(2)25-31(28,29)15-6-7-17(22)16(12-15)20(27)23-14-5-8-18-19(11-14)30-21(24-18)26-9-3-4-10-26/h5-8,11-13,25H,3-4,9-10H2,1-2H3,(H,23,27). The van der Waals surface area contributed by atoms with Crippen LogP contribution in [0.1, 0.15) is 37.0 Å². The zero-order valence-corrected chi connectivity index (χ0v) is 19.6. The number of carbonyl (C=O) groups is 1. The maximum absolute atomic E-state index is 12.9. The Kier molecular flexibility index (Phi) is 6.20. The smallest absolute Gasteiger partial charge is 0.257 e. The van der Waals surface area contributed by atoms with Crippen molar-refractivity contribution in [3.63, 3.8) is 0 Å². The molecule has 7 nitrogen and oxygen atoms in total. The summed E-state index contributed by atoms with van der Waals surface area (Å²) < 4.78 is 28.4. The Morgan fingerprint density at radius 1 is 1.16 bits per heavy atom. The van der Waals surface area contributed by atoms with Gasteiger partial charge in [0.1, 0.15) is 0 Å². The molecule has 10 heteroatoms. The first-order valence-corrected chi connectivity index (χ1v) is 12.7. The quantitative estimate of drug-likeness (QED) is 0.544. The average Bonchev–Trinajstić information content (AvgIpc) is 3.36. The lowest BCUT2D eigenvalue weighted by Crippen LogP contribution is -2.30. The van der Waals surface area contributed by atoms with E-state index in [1.807, 2.05) is 12.1 Å². The molecule has 164 valence electrons. The summed E-state index contributed by atoms with van der Waals surface area (Å²) in [5, 5.41) is 3.99. The lowest BCUT2D eigenvalue weighted by molar-refractivity contribution is 0.102. The monoisotopic (exact) mass is 478 g/mol. The van der Waals surface area contributed by atoms with Crippen molar-refractivity contribution in [2.45, 2.75) is 37.6 Å². The number of rotatable bonds is 6. The number of hydrogen-bond donors (Lipinski definition) is 2. The first-order chi connectivity index (χ1) is 14.7. The van der Waals surface area contributed by atoms with Crippen molar-refractivity contribution in [3.05, 3.63) is 47.0 Å². The molecule has 4 rings (SSSR count). The van der Waals surface area contributed by atoms with Crippen LogP contribution >= 0.6 is 22.9 Å². The van der Waals surface area contributed by atoms with Gasteiger partial charge in [-0.3, -0.25) is 4.79 Å². The maximum atomic E-state index is 12.9. The van der Waals surface area contributed by atoms with E-state index in [0.29, 0.717) is 5.69 Å². The topological polar surface area (TPSA) is 91.4 Å². The summed E-state index contributed by atoms with van der Waals surface area (Å²) in [5.41, 5.74) is 1.57. The van der Waals surface area contributed by atoms with E-state index in [-0.39, 0.29) is 21.5 Å². The van der Waals surface area contributed by atoms with E-state index in [9.17, 15) is 13.2 Å². The molecule has 31 heavy (non-hydrogen) atoms. The second-order valence-corrected chi connectivity index (χ2v) is 10.9. The maximum Gasteiger partial charge on any atom is 0.257 e. The molecule has 1 aliphatic heterocycles. The third kappa shape index (κ3) is 4.85. The summed E-state index contributed by atoms with van der Waals surface area (Å²) >= 11 is 7.79. The normalized spacial score (nSPS) is 14.5. The van der Waals surface area contributed by atoms with Crippen LogP contribution in [0.5, 0.6) is 0 Å². The largest absolute Gasteiger partial charge is 0.348 e. The molecule has 2 heterocycles. The summed E-state index contributed by atoms with van der Waals surface area (Å²) in [6.45, 7) is 5.50. The highest BCUT2D eigenvalue weighted by Crippen LogP contribution is 2.32. The number of amides is 1. The van der Waals surface area contributed by atoms with Gasteiger partial charge >= 0.3 is 0 Å². The molecule has 0 saturated carbocycles. The van der Waals surface area contributed by atoms with Crippen LogP contribution in [0.3, 0.4) is 0 Å². The number of thiazole rings is 1. The SMILES string of the molecule is CC(C)NS(=O)(=O)c1ccc(Cl)c(C(=O)Nc2ccc3nc(N4CCCC4)sc3c2)c1. The number of halogens is 1. The van der Waals surface area contributed by atoms with Crippen molar-refractivity contribution in [1.82, 2.24) is 9.71 Å². The highest BCUT2D eigenvalue weighted by molar-refractivity contribution is 7.89. The van der Waals surface area contributed by atoms with Gasteiger partial charge in [0.15, 0.2) is 5.13 Å². The number of hydrogen-bond acceptors (Lipinski definition) is 6. The molecule has 0 unspecified atom stereocenters. The van der Waals surface area contributed by atoms with Crippen LogP contribution in [-0.2, 0) is 10.0 Å². The van der Waals surface area contributed by atoms with E-state index in [0.717, 1.165) is 28.4 Å². The molecule has 1 aliphatic rings. The Bertz CT molecular complexity index is 1230. The Morgan fingerprint density at radius 2 is 1.90 bits per heavy atom. The molecule has 2 N–H and O–H groups in total. The second-order valence-electron chi connectivity index (χ2n) is 7.74. The fourth-order valence-corrected chi connectivity index (χ4v) is 5.99. The number of benzene rings is 2. The number of nitrogens with one attached hydrogen (secondary N) is 2. The Hall–Kier alpha value is -2.20.